The summed E-state index contributed by atoms with van der Waals surface area (Å²) in [6, 6.07) is 15.3. The van der Waals surface area contributed by atoms with Crippen LogP contribution >= 0.6 is 0 Å². The van der Waals surface area contributed by atoms with Gasteiger partial charge in [0.1, 0.15) is 11.9 Å². The molecule has 1 atom stereocenters. The largest absolute Gasteiger partial charge is 0.383 e. The van der Waals surface area contributed by atoms with Crippen LogP contribution in [0.4, 0.5) is 5.82 Å². The summed E-state index contributed by atoms with van der Waals surface area (Å²) in [4.78, 5) is 28.9. The number of aromatic nitrogens is 1. The van der Waals surface area contributed by atoms with Gasteiger partial charge in [0.15, 0.2) is 0 Å². The first-order chi connectivity index (χ1) is 12.1. The summed E-state index contributed by atoms with van der Waals surface area (Å²) < 4.78 is 0. The van der Waals surface area contributed by atoms with Gasteiger partial charge in [0, 0.05) is 24.2 Å². The van der Waals surface area contributed by atoms with E-state index in [1.807, 2.05) is 24.3 Å². The molecule has 0 fully saturated rings. The quantitative estimate of drug-likeness (QED) is 0.680. The Balaban J connectivity index is 1.91. The monoisotopic (exact) mass is 334 g/mol. The molecule has 6 heteroatoms. The number of amides is 2. The maximum Gasteiger partial charge on any atom is 0.252 e. The lowest BCUT2D eigenvalue weighted by atomic mass is 10.0. The molecule has 2 amide bonds. The molecular formula is C19H18N4O2. The number of nitrogens with two attached hydrogens (primary N) is 1. The number of carbonyl (C=O) groups is 2. The highest BCUT2D eigenvalue weighted by molar-refractivity contribution is 6.02. The number of nitrogens with one attached hydrogen (secondary N) is 2. The summed E-state index contributed by atoms with van der Waals surface area (Å²) in [5.74, 6) is -0.290. The highest BCUT2D eigenvalue weighted by atomic mass is 16.2. The van der Waals surface area contributed by atoms with Crippen LogP contribution in [0.3, 0.4) is 0 Å². The summed E-state index contributed by atoms with van der Waals surface area (Å²) in [7, 11) is 1.53. The Kier molecular flexibility index (Phi) is 4.61. The van der Waals surface area contributed by atoms with Gasteiger partial charge in [-0.1, -0.05) is 36.4 Å². The number of fused-ring (bicyclic) bond motifs is 1. The van der Waals surface area contributed by atoms with Crippen molar-refractivity contribution >= 4 is 28.4 Å². The Hall–Kier alpha value is -3.41. The predicted molar refractivity (Wildman–Crippen MR) is 96.9 cm³/mol. The van der Waals surface area contributed by atoms with Crippen molar-refractivity contribution in [2.75, 3.05) is 12.8 Å². The van der Waals surface area contributed by atoms with Gasteiger partial charge in [-0.15, -0.1) is 0 Å². The third-order valence-electron chi connectivity index (χ3n) is 3.98. The molecule has 0 aliphatic heterocycles. The van der Waals surface area contributed by atoms with Crippen LogP contribution < -0.4 is 16.4 Å². The lowest BCUT2D eigenvalue weighted by molar-refractivity contribution is -0.122. The van der Waals surface area contributed by atoms with E-state index in [4.69, 9.17) is 5.73 Å². The number of hydrogen-bond acceptors (Lipinski definition) is 4. The molecule has 126 valence electrons. The summed E-state index contributed by atoms with van der Waals surface area (Å²) in [6.07, 6.45) is 1.62. The molecular weight excluding hydrogens is 316 g/mol. The van der Waals surface area contributed by atoms with Crippen LogP contribution in [0.1, 0.15) is 22.0 Å². The fourth-order valence-electron chi connectivity index (χ4n) is 2.64. The Bertz CT molecular complexity index is 925. The highest BCUT2D eigenvalue weighted by Gasteiger charge is 2.22. The zero-order valence-electron chi connectivity index (χ0n) is 13.7. The van der Waals surface area contributed by atoms with Crippen LogP contribution in [0.5, 0.6) is 0 Å². The minimum absolute atomic E-state index is 0.290. The molecule has 0 radical (unpaired) electrons. The fraction of sp³-hybridized carbons (Fsp3) is 0.105. The second kappa shape index (κ2) is 7.00. The van der Waals surface area contributed by atoms with E-state index < -0.39 is 6.04 Å². The molecule has 3 rings (SSSR count). The average Bonchev–Trinajstić information content (AvgIpc) is 2.66. The molecule has 0 saturated carbocycles. The van der Waals surface area contributed by atoms with Gasteiger partial charge in [0.05, 0.1) is 0 Å². The van der Waals surface area contributed by atoms with Gasteiger partial charge in [-0.3, -0.25) is 9.59 Å². The zero-order chi connectivity index (χ0) is 17.8. The zero-order valence-corrected chi connectivity index (χ0v) is 13.7. The lowest BCUT2D eigenvalue weighted by Crippen LogP contribution is -2.39. The number of likely N-dealkylation sites (N-methyl/N-ethyl adjacent to an activating group) is 1. The van der Waals surface area contributed by atoms with E-state index in [1.54, 1.807) is 36.5 Å². The van der Waals surface area contributed by atoms with Crippen LogP contribution in [0.2, 0.25) is 0 Å². The summed E-state index contributed by atoms with van der Waals surface area (Å²) in [5, 5.41) is 6.95. The van der Waals surface area contributed by atoms with Crippen molar-refractivity contribution < 1.29 is 9.59 Å². The molecule has 6 nitrogen and oxygen atoms in total. The molecule has 1 heterocycles. The van der Waals surface area contributed by atoms with Crippen LogP contribution in [0, 0.1) is 0 Å². The lowest BCUT2D eigenvalue weighted by Gasteiger charge is -2.18. The highest BCUT2D eigenvalue weighted by Crippen LogP contribution is 2.21. The molecule has 4 N–H and O–H groups in total. The van der Waals surface area contributed by atoms with E-state index in [2.05, 4.69) is 15.6 Å². The molecule has 2 aromatic carbocycles. The van der Waals surface area contributed by atoms with Crippen molar-refractivity contribution in [2.24, 2.45) is 0 Å². The molecule has 0 spiro atoms. The fourth-order valence-corrected chi connectivity index (χ4v) is 2.64. The number of carbonyl (C=O) groups excluding carboxylic acids is 2. The molecule has 1 aromatic heterocycles. The maximum absolute atomic E-state index is 12.7. The van der Waals surface area contributed by atoms with Crippen molar-refractivity contribution in [3.05, 3.63) is 71.9 Å². The van der Waals surface area contributed by atoms with Gasteiger partial charge in [-0.25, -0.2) is 4.98 Å². The number of nitrogens with zero attached hydrogens (tertiary/aromatic N) is 1. The van der Waals surface area contributed by atoms with Gasteiger partial charge in [0.25, 0.3) is 5.91 Å². The molecule has 0 bridgehead atoms. The van der Waals surface area contributed by atoms with Crippen molar-refractivity contribution in [1.29, 1.82) is 0 Å². The second-order valence-corrected chi connectivity index (χ2v) is 5.56. The van der Waals surface area contributed by atoms with Crippen molar-refractivity contribution in [1.82, 2.24) is 15.6 Å². The average molecular weight is 334 g/mol. The van der Waals surface area contributed by atoms with E-state index in [0.717, 1.165) is 5.39 Å². The first-order valence-electron chi connectivity index (χ1n) is 7.82. The smallest absolute Gasteiger partial charge is 0.252 e. The maximum atomic E-state index is 12.7. The topological polar surface area (TPSA) is 97.1 Å². The van der Waals surface area contributed by atoms with Gasteiger partial charge in [-0.2, -0.15) is 0 Å². The van der Waals surface area contributed by atoms with Crippen molar-refractivity contribution in [3.8, 4) is 0 Å². The van der Waals surface area contributed by atoms with Crippen molar-refractivity contribution in [2.45, 2.75) is 6.04 Å². The van der Waals surface area contributed by atoms with Gasteiger partial charge >= 0.3 is 0 Å². The van der Waals surface area contributed by atoms with Crippen LogP contribution in [0.15, 0.2) is 60.8 Å². The summed E-state index contributed by atoms with van der Waals surface area (Å²) in [6.45, 7) is 0. The van der Waals surface area contributed by atoms with E-state index >= 15 is 0 Å². The summed E-state index contributed by atoms with van der Waals surface area (Å²) in [5.41, 5.74) is 7.00. The van der Waals surface area contributed by atoms with E-state index in [-0.39, 0.29) is 11.8 Å². The normalized spacial score (nSPS) is 11.7. The van der Waals surface area contributed by atoms with Gasteiger partial charge in [0.2, 0.25) is 5.91 Å². The van der Waals surface area contributed by atoms with Crippen LogP contribution in [-0.2, 0) is 4.79 Å². The number of pyridine rings is 1. The van der Waals surface area contributed by atoms with Crippen molar-refractivity contribution in [3.63, 3.8) is 0 Å². The molecule has 1 unspecified atom stereocenters. The third kappa shape index (κ3) is 3.42. The van der Waals surface area contributed by atoms with E-state index in [9.17, 15) is 9.59 Å². The Morgan fingerprint density at radius 1 is 1.08 bits per heavy atom. The van der Waals surface area contributed by atoms with Crippen LogP contribution in [0.25, 0.3) is 10.8 Å². The summed E-state index contributed by atoms with van der Waals surface area (Å²) >= 11 is 0. The third-order valence-corrected chi connectivity index (χ3v) is 3.98. The molecule has 25 heavy (non-hydrogen) atoms. The molecule has 0 saturated heterocycles. The van der Waals surface area contributed by atoms with E-state index in [0.29, 0.717) is 22.3 Å². The number of benzene rings is 2. The first kappa shape index (κ1) is 16.4. The Labute approximate surface area is 145 Å². The molecule has 0 aliphatic rings. The number of anilines is 1. The van der Waals surface area contributed by atoms with E-state index in [1.165, 1.54) is 7.05 Å². The van der Waals surface area contributed by atoms with Crippen LogP contribution in [-0.4, -0.2) is 23.8 Å². The minimum Gasteiger partial charge on any atom is -0.383 e. The molecule has 0 aliphatic carbocycles. The first-order valence-corrected chi connectivity index (χ1v) is 7.82. The minimum atomic E-state index is -0.777. The Morgan fingerprint density at radius 3 is 2.56 bits per heavy atom. The number of rotatable bonds is 4. The second-order valence-electron chi connectivity index (χ2n) is 5.56. The Morgan fingerprint density at radius 2 is 1.84 bits per heavy atom. The standard InChI is InChI=1S/C19H18N4O2/c1-21-19(25)16(13-5-3-2-4-6-13)23-18(24)14-8-7-12-9-10-22-17(20)15(12)11-14/h2-11,16H,1H3,(H2,20,22)(H,21,25)(H,23,24). The predicted octanol–water partition coefficient (Wildman–Crippen LogP) is 2.03. The molecule has 3 aromatic rings. The SMILES string of the molecule is CNC(=O)C(NC(=O)c1ccc2ccnc(N)c2c1)c1ccccc1. The number of hydrogen-bond donors (Lipinski definition) is 3. The van der Waals surface area contributed by atoms with Gasteiger partial charge in [-0.05, 0) is 29.1 Å². The van der Waals surface area contributed by atoms with Gasteiger partial charge < -0.3 is 16.4 Å². The number of nitrogen functional groups attached to an aromatic ring is 1.